The van der Waals surface area contributed by atoms with E-state index in [1.165, 1.54) is 11.3 Å². The highest BCUT2D eigenvalue weighted by molar-refractivity contribution is 7.07. The van der Waals surface area contributed by atoms with Crippen molar-refractivity contribution in [1.82, 2.24) is 9.13 Å². The van der Waals surface area contributed by atoms with E-state index in [2.05, 4.69) is 29.8 Å². The number of nitrogens with zero attached hydrogens (tertiary/aromatic N) is 3. The lowest BCUT2D eigenvalue weighted by molar-refractivity contribution is -0.139. The van der Waals surface area contributed by atoms with Gasteiger partial charge >= 0.3 is 5.97 Å². The third-order valence-corrected chi connectivity index (χ3v) is 7.52. The fraction of sp³-hybridized carbons (Fsp3) is 0.300. The molecule has 8 heteroatoms. The number of benzene rings is 2. The Balaban J connectivity index is 1.76. The third kappa shape index (κ3) is 4.49. The first kappa shape index (κ1) is 25.7. The van der Waals surface area contributed by atoms with Crippen molar-refractivity contribution in [2.75, 3.05) is 6.61 Å². The van der Waals surface area contributed by atoms with Crippen LogP contribution in [0.2, 0.25) is 0 Å². The van der Waals surface area contributed by atoms with E-state index in [1.807, 2.05) is 56.3 Å². The molecule has 0 amide bonds. The second kappa shape index (κ2) is 10.5. The molecule has 1 unspecified atom stereocenters. The average molecular weight is 530 g/mol. The molecule has 0 spiro atoms. The van der Waals surface area contributed by atoms with Crippen LogP contribution >= 0.6 is 11.3 Å². The van der Waals surface area contributed by atoms with Crippen LogP contribution in [-0.4, -0.2) is 27.8 Å². The fourth-order valence-electron chi connectivity index (χ4n) is 4.95. The molecular weight excluding hydrogens is 498 g/mol. The number of carbonyl (C=O) groups excluding carboxylic acids is 1. The van der Waals surface area contributed by atoms with Crippen molar-refractivity contribution in [2.45, 2.75) is 53.3 Å². The highest BCUT2D eigenvalue weighted by Crippen LogP contribution is 2.36. The van der Waals surface area contributed by atoms with Crippen LogP contribution in [0.15, 0.2) is 75.8 Å². The number of rotatable bonds is 7. The number of hydrogen-bond acceptors (Lipinski definition) is 6. The van der Waals surface area contributed by atoms with Crippen LogP contribution in [0.25, 0.3) is 17.0 Å². The summed E-state index contributed by atoms with van der Waals surface area (Å²) in [5.74, 6) is 0.128. The number of ether oxygens (including phenoxy) is 2. The zero-order chi connectivity index (χ0) is 27.0. The molecule has 0 saturated carbocycles. The van der Waals surface area contributed by atoms with Gasteiger partial charge in [-0.3, -0.25) is 9.36 Å². The molecule has 38 heavy (non-hydrogen) atoms. The van der Waals surface area contributed by atoms with Gasteiger partial charge in [-0.05, 0) is 52.8 Å². The lowest BCUT2D eigenvalue weighted by Gasteiger charge is -2.26. The molecule has 2 aromatic carbocycles. The smallest absolute Gasteiger partial charge is 0.338 e. The number of allylic oxidation sites excluding steroid dienone is 1. The number of carbonyl (C=O) groups is 1. The van der Waals surface area contributed by atoms with Crippen LogP contribution in [-0.2, 0) is 16.1 Å². The number of fused-ring (bicyclic) bond motifs is 2. The molecule has 1 aliphatic heterocycles. The van der Waals surface area contributed by atoms with Gasteiger partial charge in [-0.1, -0.05) is 47.7 Å². The zero-order valence-electron chi connectivity index (χ0n) is 22.2. The second-order valence-electron chi connectivity index (χ2n) is 9.39. The van der Waals surface area contributed by atoms with Gasteiger partial charge in [-0.25, -0.2) is 9.79 Å². The Bertz CT molecular complexity index is 1740. The van der Waals surface area contributed by atoms with Crippen molar-refractivity contribution < 1.29 is 14.3 Å². The first-order valence-electron chi connectivity index (χ1n) is 12.9. The van der Waals surface area contributed by atoms with Crippen LogP contribution in [0.3, 0.4) is 0 Å². The average Bonchev–Trinajstić information content (AvgIpc) is 3.40. The highest BCUT2D eigenvalue weighted by atomic mass is 32.1. The molecular formula is C30H31N3O4S. The maximum Gasteiger partial charge on any atom is 0.338 e. The Morgan fingerprint density at radius 2 is 1.87 bits per heavy atom. The van der Waals surface area contributed by atoms with Crippen LogP contribution in [0.5, 0.6) is 5.75 Å². The molecule has 3 heterocycles. The van der Waals surface area contributed by atoms with Gasteiger partial charge in [0.1, 0.15) is 11.8 Å². The van der Waals surface area contributed by atoms with Crippen molar-refractivity contribution in [3.05, 3.63) is 96.8 Å². The van der Waals surface area contributed by atoms with Crippen molar-refractivity contribution in [1.29, 1.82) is 0 Å². The van der Waals surface area contributed by atoms with E-state index in [-0.39, 0.29) is 18.3 Å². The fourth-order valence-corrected chi connectivity index (χ4v) is 5.98. The summed E-state index contributed by atoms with van der Waals surface area (Å²) in [6.07, 6.45) is 3.91. The first-order chi connectivity index (χ1) is 18.3. The van der Waals surface area contributed by atoms with Crippen LogP contribution < -0.4 is 19.6 Å². The van der Waals surface area contributed by atoms with Crippen molar-refractivity contribution in [2.24, 2.45) is 4.99 Å². The Labute approximate surface area is 225 Å². The van der Waals surface area contributed by atoms with E-state index in [9.17, 15) is 9.59 Å². The molecule has 0 fully saturated rings. The Hall–Kier alpha value is -3.91. The standard InChI is InChI=1S/C30H31N3O4S/c1-6-32-17-20(21-12-8-10-14-23(21)32)16-25-28(34)33-27(22-13-9-11-15-24(22)37-18(3)4)26(29(35)36-7-2)19(5)31-30(33)38-25/h8-18,27H,6-7H2,1-5H3. The van der Waals surface area contributed by atoms with E-state index in [0.29, 0.717) is 31.9 Å². The number of aryl methyl sites for hydroxylation is 1. The number of thiazole rings is 1. The van der Waals surface area contributed by atoms with Crippen LogP contribution in [0, 0.1) is 0 Å². The van der Waals surface area contributed by atoms with Gasteiger partial charge in [-0.15, -0.1) is 0 Å². The summed E-state index contributed by atoms with van der Waals surface area (Å²) < 4.78 is 15.9. The van der Waals surface area contributed by atoms with Crippen LogP contribution in [0.4, 0.5) is 0 Å². The van der Waals surface area contributed by atoms with Gasteiger partial charge < -0.3 is 14.0 Å². The molecule has 1 aliphatic rings. The van der Waals surface area contributed by atoms with Gasteiger partial charge in [0.2, 0.25) is 0 Å². The molecule has 0 bridgehead atoms. The lowest BCUT2D eigenvalue weighted by atomic mass is 9.95. The number of esters is 1. The first-order valence-corrected chi connectivity index (χ1v) is 13.7. The summed E-state index contributed by atoms with van der Waals surface area (Å²) >= 11 is 1.32. The second-order valence-corrected chi connectivity index (χ2v) is 10.4. The highest BCUT2D eigenvalue weighted by Gasteiger charge is 2.35. The number of hydrogen-bond donors (Lipinski definition) is 0. The largest absolute Gasteiger partial charge is 0.491 e. The quantitative estimate of drug-likeness (QED) is 0.329. The summed E-state index contributed by atoms with van der Waals surface area (Å²) in [7, 11) is 0. The number of aromatic nitrogens is 2. The molecule has 7 nitrogen and oxygen atoms in total. The molecule has 1 atom stereocenters. The predicted molar refractivity (Wildman–Crippen MR) is 150 cm³/mol. The minimum absolute atomic E-state index is 0.0843. The van der Waals surface area contributed by atoms with Crippen molar-refractivity contribution >= 4 is 34.3 Å². The topological polar surface area (TPSA) is 74.8 Å². The Kier molecular flexibility index (Phi) is 7.08. The van der Waals surface area contributed by atoms with Gasteiger partial charge in [0.25, 0.3) is 5.56 Å². The Morgan fingerprint density at radius 3 is 2.61 bits per heavy atom. The maximum atomic E-state index is 14.0. The van der Waals surface area contributed by atoms with Gasteiger partial charge in [0, 0.05) is 34.8 Å². The lowest BCUT2D eigenvalue weighted by Crippen LogP contribution is -2.40. The molecule has 0 radical (unpaired) electrons. The molecule has 0 saturated heterocycles. The van der Waals surface area contributed by atoms with Crippen LogP contribution in [0.1, 0.15) is 51.8 Å². The summed E-state index contributed by atoms with van der Waals surface area (Å²) in [6.45, 7) is 10.6. The molecule has 5 rings (SSSR count). The van der Waals surface area contributed by atoms with Gasteiger partial charge in [0.05, 0.1) is 28.5 Å². The monoisotopic (exact) mass is 529 g/mol. The Morgan fingerprint density at radius 1 is 1.13 bits per heavy atom. The van der Waals surface area contributed by atoms with E-state index < -0.39 is 12.0 Å². The van der Waals surface area contributed by atoms with Crippen molar-refractivity contribution in [3.63, 3.8) is 0 Å². The van der Waals surface area contributed by atoms with E-state index in [0.717, 1.165) is 23.0 Å². The normalized spacial score (nSPS) is 15.6. The molecule has 0 N–H and O–H groups in total. The summed E-state index contributed by atoms with van der Waals surface area (Å²) in [4.78, 5) is 32.5. The maximum absolute atomic E-state index is 14.0. The molecule has 4 aromatic rings. The summed E-state index contributed by atoms with van der Waals surface area (Å²) in [5, 5.41) is 1.08. The molecule has 2 aromatic heterocycles. The summed E-state index contributed by atoms with van der Waals surface area (Å²) in [6, 6.07) is 15.0. The predicted octanol–water partition coefficient (Wildman–Crippen LogP) is 4.56. The van der Waals surface area contributed by atoms with Crippen molar-refractivity contribution in [3.8, 4) is 5.75 Å². The van der Waals surface area contributed by atoms with E-state index in [1.54, 1.807) is 18.4 Å². The van der Waals surface area contributed by atoms with E-state index >= 15 is 0 Å². The SMILES string of the molecule is CCOC(=O)C1=C(C)N=c2sc(=Cc3cn(CC)c4ccccc34)c(=O)n2C1c1ccccc1OC(C)C. The minimum atomic E-state index is -0.723. The van der Waals surface area contributed by atoms with E-state index in [4.69, 9.17) is 14.5 Å². The number of para-hydroxylation sites is 2. The molecule has 0 aliphatic carbocycles. The van der Waals surface area contributed by atoms with Gasteiger partial charge in [-0.2, -0.15) is 0 Å². The minimum Gasteiger partial charge on any atom is -0.491 e. The third-order valence-electron chi connectivity index (χ3n) is 6.54. The summed E-state index contributed by atoms with van der Waals surface area (Å²) in [5.41, 5.74) is 3.46. The zero-order valence-corrected chi connectivity index (χ0v) is 23.0. The van der Waals surface area contributed by atoms with Gasteiger partial charge in [0.15, 0.2) is 4.80 Å². The molecule has 196 valence electrons.